The van der Waals surface area contributed by atoms with E-state index in [2.05, 4.69) is 24.0 Å². The number of hydrogen-bond acceptors (Lipinski definition) is 3. The Morgan fingerprint density at radius 2 is 1.95 bits per heavy atom. The number of carbonyl (C=O) groups is 1. The van der Waals surface area contributed by atoms with Crippen molar-refractivity contribution in [2.45, 2.75) is 19.8 Å². The zero-order valence-electron chi connectivity index (χ0n) is 12.3. The van der Waals surface area contributed by atoms with Crippen LogP contribution in [0.5, 0.6) is 0 Å². The number of aryl methyl sites for hydroxylation is 1. The molecule has 0 unspecified atom stereocenters. The van der Waals surface area contributed by atoms with Crippen molar-refractivity contribution in [3.05, 3.63) is 59.2 Å². The molecular weight excluding hydrogens is 260 g/mol. The fourth-order valence-corrected chi connectivity index (χ4v) is 2.91. The van der Waals surface area contributed by atoms with Gasteiger partial charge in [0.1, 0.15) is 0 Å². The molecule has 1 heterocycles. The standard InChI is InChI=1S/C18H20N2O/c1-13-7-8-15-17(11-13)20(10-4-9-19)16-6-3-2-5-14(16)12-18(15)21/h2-3,5-8,11H,4,9-10,12,19H2,1H3. The molecule has 0 bridgehead atoms. The predicted octanol–water partition coefficient (Wildman–Crippen LogP) is 3.22. The first-order chi connectivity index (χ1) is 10.2. The molecule has 0 amide bonds. The molecule has 0 fully saturated rings. The summed E-state index contributed by atoms with van der Waals surface area (Å²) in [7, 11) is 0. The first-order valence-electron chi connectivity index (χ1n) is 7.40. The first-order valence-corrected chi connectivity index (χ1v) is 7.40. The summed E-state index contributed by atoms with van der Waals surface area (Å²) in [6.45, 7) is 3.54. The van der Waals surface area contributed by atoms with Gasteiger partial charge in [0.25, 0.3) is 0 Å². The van der Waals surface area contributed by atoms with Crippen LogP contribution in [0.25, 0.3) is 0 Å². The van der Waals surface area contributed by atoms with Crippen molar-refractivity contribution in [2.75, 3.05) is 18.0 Å². The molecule has 3 rings (SSSR count). The Morgan fingerprint density at radius 1 is 1.14 bits per heavy atom. The molecule has 0 radical (unpaired) electrons. The maximum atomic E-state index is 12.5. The summed E-state index contributed by atoms with van der Waals surface area (Å²) < 4.78 is 0. The quantitative estimate of drug-likeness (QED) is 0.939. The highest BCUT2D eigenvalue weighted by Crippen LogP contribution is 2.36. The number of para-hydroxylation sites is 1. The molecule has 2 N–H and O–H groups in total. The zero-order chi connectivity index (χ0) is 14.8. The lowest BCUT2D eigenvalue weighted by atomic mass is 10.0. The van der Waals surface area contributed by atoms with Gasteiger partial charge in [0.15, 0.2) is 5.78 Å². The van der Waals surface area contributed by atoms with Crippen LogP contribution in [-0.4, -0.2) is 18.9 Å². The van der Waals surface area contributed by atoms with Crippen molar-refractivity contribution < 1.29 is 4.79 Å². The SMILES string of the molecule is Cc1ccc2c(c1)N(CCCN)c1ccccc1CC2=O. The van der Waals surface area contributed by atoms with Gasteiger partial charge >= 0.3 is 0 Å². The van der Waals surface area contributed by atoms with Gasteiger partial charge in [0.2, 0.25) is 0 Å². The van der Waals surface area contributed by atoms with Gasteiger partial charge in [-0.2, -0.15) is 0 Å². The number of Topliss-reactive ketones (excluding diaryl/α,β-unsaturated/α-hetero) is 1. The number of benzene rings is 2. The molecule has 3 nitrogen and oxygen atoms in total. The Balaban J connectivity index is 2.18. The lowest BCUT2D eigenvalue weighted by Crippen LogP contribution is -2.22. The van der Waals surface area contributed by atoms with E-state index in [4.69, 9.17) is 5.73 Å². The third kappa shape index (κ3) is 2.57. The third-order valence-corrected chi connectivity index (χ3v) is 3.96. The van der Waals surface area contributed by atoms with E-state index in [1.807, 2.05) is 30.3 Å². The minimum Gasteiger partial charge on any atom is -0.341 e. The minimum atomic E-state index is 0.188. The molecule has 1 aliphatic heterocycles. The Kier molecular flexibility index (Phi) is 3.76. The van der Waals surface area contributed by atoms with E-state index >= 15 is 0 Å². The van der Waals surface area contributed by atoms with Crippen molar-refractivity contribution in [3.63, 3.8) is 0 Å². The monoisotopic (exact) mass is 280 g/mol. The zero-order valence-corrected chi connectivity index (χ0v) is 12.3. The fraction of sp³-hybridized carbons (Fsp3) is 0.278. The van der Waals surface area contributed by atoms with E-state index < -0.39 is 0 Å². The molecule has 108 valence electrons. The molecule has 2 aromatic rings. The Hall–Kier alpha value is -2.13. The van der Waals surface area contributed by atoms with Crippen molar-refractivity contribution in [2.24, 2.45) is 5.73 Å². The van der Waals surface area contributed by atoms with E-state index in [-0.39, 0.29) is 5.78 Å². The van der Waals surface area contributed by atoms with E-state index in [9.17, 15) is 4.79 Å². The number of carbonyl (C=O) groups excluding carboxylic acids is 1. The number of rotatable bonds is 3. The summed E-state index contributed by atoms with van der Waals surface area (Å²) in [5.74, 6) is 0.188. The summed E-state index contributed by atoms with van der Waals surface area (Å²) in [4.78, 5) is 14.8. The molecule has 0 spiro atoms. The maximum Gasteiger partial charge on any atom is 0.169 e. The summed E-state index contributed by atoms with van der Waals surface area (Å²) in [5.41, 5.74) is 10.9. The lowest BCUT2D eigenvalue weighted by molar-refractivity contribution is 0.0994. The van der Waals surface area contributed by atoms with Crippen LogP contribution < -0.4 is 10.6 Å². The summed E-state index contributed by atoms with van der Waals surface area (Å²) in [5, 5.41) is 0. The van der Waals surface area contributed by atoms with Crippen LogP contribution in [0.4, 0.5) is 11.4 Å². The van der Waals surface area contributed by atoms with Crippen LogP contribution >= 0.6 is 0 Å². The molecule has 0 aromatic heterocycles. The molecule has 21 heavy (non-hydrogen) atoms. The molecular formula is C18H20N2O. The van der Waals surface area contributed by atoms with Gasteiger partial charge in [0, 0.05) is 24.2 Å². The number of hydrogen-bond donors (Lipinski definition) is 1. The van der Waals surface area contributed by atoms with Gasteiger partial charge < -0.3 is 10.6 Å². The third-order valence-electron chi connectivity index (χ3n) is 3.96. The van der Waals surface area contributed by atoms with E-state index in [0.717, 1.165) is 35.5 Å². The fourth-order valence-electron chi connectivity index (χ4n) is 2.91. The first kappa shape index (κ1) is 13.8. The smallest absolute Gasteiger partial charge is 0.169 e. The summed E-state index contributed by atoms with van der Waals surface area (Å²) in [6, 6.07) is 14.2. The van der Waals surface area contributed by atoms with Gasteiger partial charge in [-0.15, -0.1) is 0 Å². The molecule has 3 heteroatoms. The average molecular weight is 280 g/mol. The largest absolute Gasteiger partial charge is 0.341 e. The molecule has 1 aliphatic rings. The normalized spacial score (nSPS) is 13.6. The van der Waals surface area contributed by atoms with Gasteiger partial charge in [-0.25, -0.2) is 0 Å². The van der Waals surface area contributed by atoms with E-state index in [1.54, 1.807) is 0 Å². The van der Waals surface area contributed by atoms with E-state index in [0.29, 0.717) is 13.0 Å². The van der Waals surface area contributed by atoms with E-state index in [1.165, 1.54) is 5.56 Å². The number of anilines is 2. The average Bonchev–Trinajstić information content (AvgIpc) is 2.59. The van der Waals surface area contributed by atoms with Crippen LogP contribution in [0, 0.1) is 6.92 Å². The highest BCUT2D eigenvalue weighted by molar-refractivity contribution is 6.05. The number of nitrogens with two attached hydrogens (primary N) is 1. The van der Waals surface area contributed by atoms with Gasteiger partial charge in [0.05, 0.1) is 5.69 Å². The number of ketones is 1. The van der Waals surface area contributed by atoms with Gasteiger partial charge in [-0.3, -0.25) is 4.79 Å². The van der Waals surface area contributed by atoms with Gasteiger partial charge in [-0.05, 0) is 49.2 Å². The lowest BCUT2D eigenvalue weighted by Gasteiger charge is -2.26. The second-order valence-electron chi connectivity index (χ2n) is 5.54. The van der Waals surface area contributed by atoms with Crippen molar-refractivity contribution in [1.29, 1.82) is 0 Å². The number of fused-ring (bicyclic) bond motifs is 2. The minimum absolute atomic E-state index is 0.188. The Labute approximate surface area is 125 Å². The maximum absolute atomic E-state index is 12.5. The second kappa shape index (κ2) is 5.70. The second-order valence-corrected chi connectivity index (χ2v) is 5.54. The van der Waals surface area contributed by atoms with Crippen LogP contribution in [0.2, 0.25) is 0 Å². The molecule has 0 aliphatic carbocycles. The molecule has 0 atom stereocenters. The topological polar surface area (TPSA) is 46.3 Å². The van der Waals surface area contributed by atoms with Crippen molar-refractivity contribution in [1.82, 2.24) is 0 Å². The summed E-state index contributed by atoms with van der Waals surface area (Å²) in [6.07, 6.45) is 1.36. The molecule has 0 saturated carbocycles. The highest BCUT2D eigenvalue weighted by Gasteiger charge is 2.24. The Morgan fingerprint density at radius 3 is 2.76 bits per heavy atom. The molecule has 2 aromatic carbocycles. The summed E-state index contributed by atoms with van der Waals surface area (Å²) >= 11 is 0. The van der Waals surface area contributed by atoms with Crippen molar-refractivity contribution in [3.8, 4) is 0 Å². The number of nitrogens with zero attached hydrogens (tertiary/aromatic N) is 1. The van der Waals surface area contributed by atoms with Crippen molar-refractivity contribution >= 4 is 17.2 Å². The van der Waals surface area contributed by atoms with Crippen LogP contribution in [0.1, 0.15) is 27.9 Å². The van der Waals surface area contributed by atoms with Crippen LogP contribution in [0.15, 0.2) is 42.5 Å². The van der Waals surface area contributed by atoms with Gasteiger partial charge in [-0.1, -0.05) is 24.3 Å². The van der Waals surface area contributed by atoms with Crippen LogP contribution in [0.3, 0.4) is 0 Å². The molecule has 0 saturated heterocycles. The Bertz CT molecular complexity index is 679. The highest BCUT2D eigenvalue weighted by atomic mass is 16.1. The predicted molar refractivity (Wildman–Crippen MR) is 86.3 cm³/mol. The van der Waals surface area contributed by atoms with Crippen LogP contribution in [-0.2, 0) is 6.42 Å².